The van der Waals surface area contributed by atoms with Crippen LogP contribution in [0.5, 0.6) is 5.75 Å². The molecule has 28 heavy (non-hydrogen) atoms. The molecular weight excluding hydrogens is 386 g/mol. The van der Waals surface area contributed by atoms with Crippen LogP contribution in [0.4, 0.5) is 0 Å². The van der Waals surface area contributed by atoms with Crippen LogP contribution in [0.2, 0.25) is 0 Å². The first-order valence-corrected chi connectivity index (χ1v) is 9.58. The van der Waals surface area contributed by atoms with Gasteiger partial charge in [0.15, 0.2) is 0 Å². The third-order valence-electron chi connectivity index (χ3n) is 4.04. The maximum absolute atomic E-state index is 12.3. The van der Waals surface area contributed by atoms with E-state index in [0.29, 0.717) is 10.9 Å². The summed E-state index contributed by atoms with van der Waals surface area (Å²) in [5.74, 6) is -0.730. The van der Waals surface area contributed by atoms with Crippen molar-refractivity contribution in [1.82, 2.24) is 4.31 Å². The molecule has 1 aromatic heterocycles. The molecule has 9 heteroatoms. The summed E-state index contributed by atoms with van der Waals surface area (Å²) in [6.45, 7) is -0.191. The largest absolute Gasteiger partial charge is 0.508 e. The molecule has 146 valence electrons. The molecule has 0 aliphatic rings. The Labute approximate surface area is 160 Å². The van der Waals surface area contributed by atoms with E-state index in [1.54, 1.807) is 6.07 Å². The molecule has 0 unspecified atom stereocenters. The first-order chi connectivity index (χ1) is 13.2. The number of ether oxygens (including phenoxy) is 1. The van der Waals surface area contributed by atoms with Gasteiger partial charge in [-0.1, -0.05) is 0 Å². The van der Waals surface area contributed by atoms with Crippen molar-refractivity contribution in [3.05, 3.63) is 70.1 Å². The van der Waals surface area contributed by atoms with E-state index in [1.807, 2.05) is 0 Å². The number of benzene rings is 2. The molecule has 0 aliphatic heterocycles. The maximum atomic E-state index is 12.3. The zero-order valence-corrected chi connectivity index (χ0v) is 15.9. The molecule has 0 amide bonds. The van der Waals surface area contributed by atoms with Gasteiger partial charge in [-0.2, -0.15) is 0 Å². The van der Waals surface area contributed by atoms with Crippen LogP contribution < -0.4 is 5.63 Å². The lowest BCUT2D eigenvalue weighted by Crippen LogP contribution is -2.22. The first-order valence-electron chi connectivity index (χ1n) is 8.14. The third kappa shape index (κ3) is 3.90. The molecule has 0 atom stereocenters. The Bertz CT molecular complexity index is 1200. The summed E-state index contributed by atoms with van der Waals surface area (Å²) in [5.41, 5.74) is 0.133. The van der Waals surface area contributed by atoms with Gasteiger partial charge in [0.1, 0.15) is 17.9 Å². The van der Waals surface area contributed by atoms with Crippen molar-refractivity contribution >= 4 is 27.0 Å². The average Bonchev–Trinajstić information content (AvgIpc) is 2.65. The van der Waals surface area contributed by atoms with Crippen molar-refractivity contribution in [2.24, 2.45) is 0 Å². The van der Waals surface area contributed by atoms with Crippen LogP contribution in [0.15, 0.2) is 62.6 Å². The van der Waals surface area contributed by atoms with E-state index in [0.717, 1.165) is 4.31 Å². The van der Waals surface area contributed by atoms with Gasteiger partial charge in [0.25, 0.3) is 0 Å². The van der Waals surface area contributed by atoms with Crippen molar-refractivity contribution < 1.29 is 27.5 Å². The van der Waals surface area contributed by atoms with Gasteiger partial charge < -0.3 is 14.3 Å². The van der Waals surface area contributed by atoms with Gasteiger partial charge in [0.2, 0.25) is 10.0 Å². The normalized spacial score (nSPS) is 11.7. The van der Waals surface area contributed by atoms with Crippen molar-refractivity contribution in [2.75, 3.05) is 14.1 Å². The number of nitrogens with zero attached hydrogens (tertiary/aromatic N) is 1. The number of phenols is 1. The lowest BCUT2D eigenvalue weighted by Gasteiger charge is -2.11. The molecule has 2 aromatic carbocycles. The van der Waals surface area contributed by atoms with E-state index in [2.05, 4.69) is 0 Å². The van der Waals surface area contributed by atoms with Gasteiger partial charge >= 0.3 is 11.6 Å². The third-order valence-corrected chi connectivity index (χ3v) is 5.87. The molecule has 0 spiro atoms. The summed E-state index contributed by atoms with van der Waals surface area (Å²) in [5, 5.41) is 10.0. The van der Waals surface area contributed by atoms with E-state index in [1.165, 1.54) is 56.6 Å². The standard InChI is InChI=1S/C19H17NO7S/c1-20(2)28(24,25)15-6-3-12(4-7-15)19(23)26-11-13-9-18(22)27-17-10-14(21)5-8-16(13)17/h3-10,21H,11H2,1-2H3. The highest BCUT2D eigenvalue weighted by Gasteiger charge is 2.18. The Morgan fingerprint density at radius 3 is 2.43 bits per heavy atom. The van der Waals surface area contributed by atoms with Gasteiger partial charge in [0, 0.05) is 37.2 Å². The molecule has 3 aromatic rings. The summed E-state index contributed by atoms with van der Waals surface area (Å²) in [4.78, 5) is 24.0. The van der Waals surface area contributed by atoms with Crippen LogP contribution in [0.3, 0.4) is 0 Å². The summed E-state index contributed by atoms with van der Waals surface area (Å²) < 4.78 is 35.4. The van der Waals surface area contributed by atoms with Crippen molar-refractivity contribution in [3.63, 3.8) is 0 Å². The summed E-state index contributed by atoms with van der Waals surface area (Å²) in [6.07, 6.45) is 0. The van der Waals surface area contributed by atoms with Crippen LogP contribution in [0.25, 0.3) is 11.0 Å². The molecule has 3 rings (SSSR count). The van der Waals surface area contributed by atoms with Crippen LogP contribution >= 0.6 is 0 Å². The van der Waals surface area contributed by atoms with Crippen LogP contribution in [0, 0.1) is 0 Å². The minimum atomic E-state index is -3.59. The minimum absolute atomic E-state index is 0.0560. The Kier molecular flexibility index (Phi) is 5.21. The number of sulfonamides is 1. The lowest BCUT2D eigenvalue weighted by molar-refractivity contribution is 0.0473. The molecule has 1 N–H and O–H groups in total. The maximum Gasteiger partial charge on any atom is 0.338 e. The highest BCUT2D eigenvalue weighted by molar-refractivity contribution is 7.89. The van der Waals surface area contributed by atoms with Crippen LogP contribution in [0.1, 0.15) is 15.9 Å². The molecule has 8 nitrogen and oxygen atoms in total. The quantitative estimate of drug-likeness (QED) is 0.512. The second-order valence-electron chi connectivity index (χ2n) is 6.16. The Morgan fingerprint density at radius 1 is 1.11 bits per heavy atom. The Balaban J connectivity index is 1.80. The van der Waals surface area contributed by atoms with E-state index in [9.17, 15) is 23.1 Å². The fourth-order valence-electron chi connectivity index (χ4n) is 2.54. The number of carbonyl (C=O) groups excluding carboxylic acids is 1. The van der Waals surface area contributed by atoms with Gasteiger partial charge in [-0.05, 0) is 36.4 Å². The first kappa shape index (κ1) is 19.6. The number of hydrogen-bond acceptors (Lipinski definition) is 7. The zero-order valence-electron chi connectivity index (χ0n) is 15.1. The topological polar surface area (TPSA) is 114 Å². The number of esters is 1. The monoisotopic (exact) mass is 403 g/mol. The van der Waals surface area contributed by atoms with E-state index >= 15 is 0 Å². The Morgan fingerprint density at radius 2 is 1.79 bits per heavy atom. The van der Waals surface area contributed by atoms with Gasteiger partial charge in [-0.3, -0.25) is 0 Å². The molecule has 0 bridgehead atoms. The predicted molar refractivity (Wildman–Crippen MR) is 101 cm³/mol. The number of rotatable bonds is 5. The number of phenolic OH excluding ortho intramolecular Hbond substituents is 1. The number of aromatic hydroxyl groups is 1. The second-order valence-corrected chi connectivity index (χ2v) is 8.31. The van der Waals surface area contributed by atoms with E-state index in [4.69, 9.17) is 9.15 Å². The van der Waals surface area contributed by atoms with Gasteiger partial charge in [0.05, 0.1) is 10.5 Å². The summed E-state index contributed by atoms with van der Waals surface area (Å²) in [6, 6.07) is 10.8. The molecule has 1 heterocycles. The fraction of sp³-hybridized carbons (Fsp3) is 0.158. The smallest absolute Gasteiger partial charge is 0.338 e. The Hall–Kier alpha value is -3.17. The van der Waals surface area contributed by atoms with Crippen LogP contribution in [-0.2, 0) is 21.4 Å². The number of hydrogen-bond donors (Lipinski definition) is 1. The molecule has 0 saturated carbocycles. The number of fused-ring (bicyclic) bond motifs is 1. The molecule has 0 radical (unpaired) electrons. The van der Waals surface area contributed by atoms with Gasteiger partial charge in [-0.15, -0.1) is 0 Å². The van der Waals surface area contributed by atoms with Crippen molar-refractivity contribution in [1.29, 1.82) is 0 Å². The fourth-order valence-corrected chi connectivity index (χ4v) is 3.44. The van der Waals surface area contributed by atoms with Crippen molar-refractivity contribution in [2.45, 2.75) is 11.5 Å². The predicted octanol–water partition coefficient (Wildman–Crippen LogP) is 2.11. The molecule has 0 aliphatic carbocycles. The van der Waals surface area contributed by atoms with Crippen molar-refractivity contribution in [3.8, 4) is 5.75 Å². The lowest BCUT2D eigenvalue weighted by atomic mass is 10.1. The van der Waals surface area contributed by atoms with E-state index in [-0.39, 0.29) is 28.4 Å². The molecule has 0 fully saturated rings. The second kappa shape index (κ2) is 7.45. The van der Waals surface area contributed by atoms with E-state index < -0.39 is 21.6 Å². The van der Waals surface area contributed by atoms with Gasteiger partial charge in [-0.25, -0.2) is 22.3 Å². The highest BCUT2D eigenvalue weighted by atomic mass is 32.2. The molecular formula is C19H17NO7S. The average molecular weight is 403 g/mol. The summed E-state index contributed by atoms with van der Waals surface area (Å²) >= 11 is 0. The number of carbonyl (C=O) groups is 1. The highest BCUT2D eigenvalue weighted by Crippen LogP contribution is 2.22. The zero-order chi connectivity index (χ0) is 20.5. The molecule has 0 saturated heterocycles. The SMILES string of the molecule is CN(C)S(=O)(=O)c1ccc(C(=O)OCc2cc(=O)oc3cc(O)ccc23)cc1. The van der Waals surface area contributed by atoms with Crippen LogP contribution in [-0.4, -0.2) is 37.9 Å². The summed E-state index contributed by atoms with van der Waals surface area (Å²) in [7, 11) is -0.762. The minimum Gasteiger partial charge on any atom is -0.508 e.